The van der Waals surface area contributed by atoms with Crippen molar-refractivity contribution >= 4 is 18.3 Å². The van der Waals surface area contributed by atoms with E-state index in [4.69, 9.17) is 10.2 Å². The maximum absolute atomic E-state index is 12.2. The van der Waals surface area contributed by atoms with Gasteiger partial charge in [-0.2, -0.15) is 0 Å². The number of amides is 1. The number of aliphatic hydroxyl groups is 1. The molecule has 0 radical (unpaired) electrons. The average Bonchev–Trinajstić information content (AvgIpc) is 3.05. The fourth-order valence-corrected chi connectivity index (χ4v) is 2.85. The van der Waals surface area contributed by atoms with Gasteiger partial charge in [0.15, 0.2) is 0 Å². The summed E-state index contributed by atoms with van der Waals surface area (Å²) in [4.78, 5) is 16.6. The summed E-state index contributed by atoms with van der Waals surface area (Å²) in [7, 11) is 0. The van der Waals surface area contributed by atoms with Gasteiger partial charge < -0.3 is 20.6 Å². The highest BCUT2D eigenvalue weighted by atomic mass is 35.5. The van der Waals surface area contributed by atoms with Crippen molar-refractivity contribution in [2.45, 2.75) is 38.0 Å². The molecule has 6 nitrogen and oxygen atoms in total. The van der Waals surface area contributed by atoms with Gasteiger partial charge in [0, 0.05) is 17.5 Å². The Labute approximate surface area is 146 Å². The first-order chi connectivity index (χ1) is 11.1. The van der Waals surface area contributed by atoms with Crippen molar-refractivity contribution < 1.29 is 14.3 Å². The van der Waals surface area contributed by atoms with Gasteiger partial charge in [-0.15, -0.1) is 12.4 Å². The molecule has 7 heteroatoms. The normalized spacial score (nSPS) is 23.3. The second-order valence-electron chi connectivity index (χ2n) is 5.97. The van der Waals surface area contributed by atoms with Crippen LogP contribution in [0.4, 0.5) is 0 Å². The van der Waals surface area contributed by atoms with E-state index in [0.717, 1.165) is 5.56 Å². The molecule has 0 saturated heterocycles. The zero-order valence-electron chi connectivity index (χ0n) is 13.2. The predicted molar refractivity (Wildman–Crippen MR) is 92.4 cm³/mol. The van der Waals surface area contributed by atoms with Crippen LogP contribution in [0.25, 0.3) is 11.5 Å². The minimum atomic E-state index is -0.497. The maximum atomic E-state index is 12.2. The third-order valence-electron chi connectivity index (χ3n) is 4.25. The van der Waals surface area contributed by atoms with Gasteiger partial charge in [-0.3, -0.25) is 4.79 Å². The van der Waals surface area contributed by atoms with Crippen LogP contribution in [0.2, 0.25) is 0 Å². The summed E-state index contributed by atoms with van der Waals surface area (Å²) in [6.07, 6.45) is 2.80. The Kier molecular flexibility index (Phi) is 6.36. The predicted octanol–water partition coefficient (Wildman–Crippen LogP) is 1.87. The minimum absolute atomic E-state index is 0. The van der Waals surface area contributed by atoms with Gasteiger partial charge in [0.05, 0.1) is 18.3 Å². The summed E-state index contributed by atoms with van der Waals surface area (Å²) < 4.78 is 5.44. The molecule has 1 saturated carbocycles. The highest BCUT2D eigenvalue weighted by Gasteiger charge is 2.30. The Bertz CT molecular complexity index is 662. The lowest BCUT2D eigenvalue weighted by Crippen LogP contribution is -2.44. The first kappa shape index (κ1) is 18.4. The monoisotopic (exact) mass is 351 g/mol. The van der Waals surface area contributed by atoms with Gasteiger partial charge in [0.1, 0.15) is 6.26 Å². The SMILES string of the molecule is Cl.N[C@@H]1C[C@@H](C(=O)NCc2coc(-c3ccccc3)n2)CC[C@H]1O. The van der Waals surface area contributed by atoms with Crippen LogP contribution < -0.4 is 11.1 Å². The second-order valence-corrected chi connectivity index (χ2v) is 5.97. The third kappa shape index (κ3) is 4.35. The molecule has 4 N–H and O–H groups in total. The number of nitrogens with two attached hydrogens (primary N) is 1. The van der Waals surface area contributed by atoms with E-state index in [1.165, 1.54) is 0 Å². The summed E-state index contributed by atoms with van der Waals surface area (Å²) in [5.74, 6) is 0.350. The molecule has 1 aliphatic carbocycles. The van der Waals surface area contributed by atoms with Crippen LogP contribution in [-0.2, 0) is 11.3 Å². The van der Waals surface area contributed by atoms with Crippen molar-refractivity contribution in [1.29, 1.82) is 0 Å². The number of carbonyl (C=O) groups excluding carboxylic acids is 1. The molecule has 3 atom stereocenters. The molecule has 24 heavy (non-hydrogen) atoms. The topological polar surface area (TPSA) is 101 Å². The second kappa shape index (κ2) is 8.28. The molecule has 1 aliphatic rings. The zero-order valence-corrected chi connectivity index (χ0v) is 14.0. The number of nitrogens with zero attached hydrogens (tertiary/aromatic N) is 1. The van der Waals surface area contributed by atoms with Gasteiger partial charge in [0.2, 0.25) is 11.8 Å². The van der Waals surface area contributed by atoms with Crippen molar-refractivity contribution in [3.05, 3.63) is 42.3 Å². The summed E-state index contributed by atoms with van der Waals surface area (Å²) in [5, 5.41) is 12.5. The van der Waals surface area contributed by atoms with Gasteiger partial charge in [-0.05, 0) is 31.4 Å². The van der Waals surface area contributed by atoms with Gasteiger partial charge in [-0.1, -0.05) is 18.2 Å². The van der Waals surface area contributed by atoms with Crippen molar-refractivity contribution in [2.24, 2.45) is 11.7 Å². The lowest BCUT2D eigenvalue weighted by molar-refractivity contribution is -0.127. The fraction of sp³-hybridized carbons (Fsp3) is 0.412. The molecule has 1 fully saturated rings. The van der Waals surface area contributed by atoms with Crippen molar-refractivity contribution in [2.75, 3.05) is 0 Å². The van der Waals surface area contributed by atoms with Crippen molar-refractivity contribution in [1.82, 2.24) is 10.3 Å². The standard InChI is InChI=1S/C17H21N3O3.ClH/c18-14-8-12(6-7-15(14)21)16(22)19-9-13-10-23-17(20-13)11-4-2-1-3-5-11;/h1-5,10,12,14-15,21H,6-9,18H2,(H,19,22);1H/t12-,14+,15+;/m0./s1. The zero-order chi connectivity index (χ0) is 16.2. The van der Waals surface area contributed by atoms with Crippen LogP contribution in [0.5, 0.6) is 0 Å². The molecule has 1 amide bonds. The number of rotatable bonds is 4. The molecule has 0 spiro atoms. The van der Waals surface area contributed by atoms with Gasteiger partial charge in [-0.25, -0.2) is 4.98 Å². The first-order valence-electron chi connectivity index (χ1n) is 7.84. The number of carbonyl (C=O) groups is 1. The van der Waals surface area contributed by atoms with Gasteiger partial charge >= 0.3 is 0 Å². The van der Waals surface area contributed by atoms with Crippen LogP contribution >= 0.6 is 12.4 Å². The summed E-state index contributed by atoms with van der Waals surface area (Å²) in [6, 6.07) is 9.28. The highest BCUT2D eigenvalue weighted by Crippen LogP contribution is 2.24. The maximum Gasteiger partial charge on any atom is 0.226 e. The molecule has 1 aromatic heterocycles. The summed E-state index contributed by atoms with van der Waals surface area (Å²) in [6.45, 7) is 0.323. The molecular weight excluding hydrogens is 330 g/mol. The summed E-state index contributed by atoms with van der Waals surface area (Å²) >= 11 is 0. The summed E-state index contributed by atoms with van der Waals surface area (Å²) in [5.41, 5.74) is 7.40. The fourth-order valence-electron chi connectivity index (χ4n) is 2.85. The molecule has 0 unspecified atom stereocenters. The largest absolute Gasteiger partial charge is 0.444 e. The molecule has 2 aromatic rings. The number of aliphatic hydroxyl groups excluding tert-OH is 1. The first-order valence-corrected chi connectivity index (χ1v) is 7.84. The Morgan fingerprint density at radius 3 is 2.79 bits per heavy atom. The van der Waals surface area contributed by atoms with Crippen LogP contribution in [0.15, 0.2) is 41.0 Å². The third-order valence-corrected chi connectivity index (χ3v) is 4.25. The van der Waals surface area contributed by atoms with Gasteiger partial charge in [0.25, 0.3) is 0 Å². The quantitative estimate of drug-likeness (QED) is 0.780. The molecule has 0 aliphatic heterocycles. The van der Waals surface area contributed by atoms with Crippen LogP contribution in [0.3, 0.4) is 0 Å². The van der Waals surface area contributed by atoms with E-state index >= 15 is 0 Å². The minimum Gasteiger partial charge on any atom is -0.444 e. The van der Waals surface area contributed by atoms with Crippen LogP contribution in [0, 0.1) is 5.92 Å². The lowest BCUT2D eigenvalue weighted by atomic mass is 9.84. The van der Waals surface area contributed by atoms with Crippen molar-refractivity contribution in [3.63, 3.8) is 0 Å². The number of oxazole rings is 1. The lowest BCUT2D eigenvalue weighted by Gasteiger charge is -2.29. The molecule has 0 bridgehead atoms. The number of hydrogen-bond acceptors (Lipinski definition) is 5. The molecule has 3 rings (SSSR count). The van der Waals surface area contributed by atoms with E-state index < -0.39 is 6.10 Å². The Hall–Kier alpha value is -1.89. The molecule has 130 valence electrons. The van der Waals surface area contributed by atoms with E-state index in [9.17, 15) is 9.90 Å². The Morgan fingerprint density at radius 2 is 2.08 bits per heavy atom. The number of nitrogens with one attached hydrogen (secondary N) is 1. The molecular formula is C17H22ClN3O3. The highest BCUT2D eigenvalue weighted by molar-refractivity contribution is 5.85. The number of halogens is 1. The average molecular weight is 352 g/mol. The van der Waals surface area contributed by atoms with Crippen molar-refractivity contribution in [3.8, 4) is 11.5 Å². The van der Waals surface area contributed by atoms with Crippen LogP contribution in [-0.4, -0.2) is 28.1 Å². The molecule has 1 aromatic carbocycles. The van der Waals surface area contributed by atoms with E-state index in [2.05, 4.69) is 10.3 Å². The van der Waals surface area contributed by atoms with Crippen LogP contribution in [0.1, 0.15) is 25.0 Å². The number of aromatic nitrogens is 1. The van der Waals surface area contributed by atoms with E-state index in [0.29, 0.717) is 37.4 Å². The Morgan fingerprint density at radius 1 is 1.33 bits per heavy atom. The molecule has 1 heterocycles. The van der Waals surface area contributed by atoms with E-state index in [-0.39, 0.29) is 30.3 Å². The van der Waals surface area contributed by atoms with E-state index in [1.54, 1.807) is 6.26 Å². The Balaban J connectivity index is 0.00000208. The van der Waals surface area contributed by atoms with E-state index in [1.807, 2.05) is 30.3 Å². The smallest absolute Gasteiger partial charge is 0.226 e. The number of benzene rings is 1. The number of hydrogen-bond donors (Lipinski definition) is 3.